The Labute approximate surface area is 167 Å². The molecule has 1 N–H and O–H groups in total. The van der Waals surface area contributed by atoms with Crippen LogP contribution in [0.2, 0.25) is 0 Å². The highest BCUT2D eigenvalue weighted by molar-refractivity contribution is 6.38. The summed E-state index contributed by atoms with van der Waals surface area (Å²) in [5, 5.41) is 6.14. The first-order valence-corrected chi connectivity index (χ1v) is 9.27. The number of anilines is 1. The van der Waals surface area contributed by atoms with Crippen LogP contribution in [0, 0.1) is 6.92 Å². The maximum atomic E-state index is 12.7. The summed E-state index contributed by atoms with van der Waals surface area (Å²) < 4.78 is 5.22. The summed E-state index contributed by atoms with van der Waals surface area (Å²) in [5.74, 6) is -1.18. The molecule has 1 aromatic heterocycles. The number of aryl methyl sites for hydroxylation is 1. The van der Waals surface area contributed by atoms with Crippen LogP contribution in [0.3, 0.4) is 0 Å². The van der Waals surface area contributed by atoms with E-state index in [9.17, 15) is 14.4 Å². The molecule has 1 amide bonds. The number of Topliss-reactive ketones (excluding diaryl/α,β-unsaturated/α-hetero) is 1. The van der Waals surface area contributed by atoms with Gasteiger partial charge in [0.2, 0.25) is 11.7 Å². The Bertz CT molecular complexity index is 1130. The number of nitrogens with zero attached hydrogens (tertiary/aromatic N) is 2. The van der Waals surface area contributed by atoms with E-state index in [1.165, 1.54) is 5.01 Å². The van der Waals surface area contributed by atoms with Gasteiger partial charge in [0.15, 0.2) is 6.61 Å². The molecule has 4 rings (SSSR count). The molecule has 1 aliphatic heterocycles. The Morgan fingerprint density at radius 3 is 2.59 bits per heavy atom. The minimum absolute atomic E-state index is 0.122. The second kappa shape index (κ2) is 7.71. The van der Waals surface area contributed by atoms with Gasteiger partial charge in [-0.15, -0.1) is 0 Å². The number of rotatable bonds is 5. The zero-order valence-electron chi connectivity index (χ0n) is 15.8. The molecule has 7 nitrogen and oxygen atoms in total. The number of ketones is 1. The van der Waals surface area contributed by atoms with Crippen molar-refractivity contribution in [2.24, 2.45) is 5.10 Å². The molecule has 0 saturated carbocycles. The highest BCUT2D eigenvalue weighted by atomic mass is 16.5. The van der Waals surface area contributed by atoms with Gasteiger partial charge in [0.05, 0.1) is 5.69 Å². The number of carbonyl (C=O) groups is 3. The van der Waals surface area contributed by atoms with Gasteiger partial charge in [0.25, 0.3) is 0 Å². The van der Waals surface area contributed by atoms with E-state index >= 15 is 0 Å². The van der Waals surface area contributed by atoms with Gasteiger partial charge in [-0.2, -0.15) is 5.10 Å². The predicted molar refractivity (Wildman–Crippen MR) is 109 cm³/mol. The number of fused-ring (bicyclic) bond motifs is 1. The molecule has 0 spiro atoms. The summed E-state index contributed by atoms with van der Waals surface area (Å²) in [6, 6.07) is 16.3. The zero-order chi connectivity index (χ0) is 20.4. The molecule has 0 fully saturated rings. The molecule has 0 saturated heterocycles. The van der Waals surface area contributed by atoms with Gasteiger partial charge >= 0.3 is 5.97 Å². The molecule has 2 aromatic carbocycles. The molecular formula is C22H19N3O4. The Balaban J connectivity index is 1.48. The number of hydrazone groups is 1. The van der Waals surface area contributed by atoms with Crippen LogP contribution >= 0.6 is 0 Å². The van der Waals surface area contributed by atoms with Crippen LogP contribution < -0.4 is 5.01 Å². The fourth-order valence-electron chi connectivity index (χ4n) is 3.39. The van der Waals surface area contributed by atoms with Gasteiger partial charge in [-0.1, -0.05) is 36.4 Å². The van der Waals surface area contributed by atoms with Gasteiger partial charge < -0.3 is 9.72 Å². The molecular weight excluding hydrogens is 370 g/mol. The van der Waals surface area contributed by atoms with Gasteiger partial charge in [-0.05, 0) is 25.1 Å². The third-order valence-corrected chi connectivity index (χ3v) is 4.78. The van der Waals surface area contributed by atoms with Crippen molar-refractivity contribution in [1.29, 1.82) is 0 Å². The number of hydrogen-bond acceptors (Lipinski definition) is 5. The third kappa shape index (κ3) is 3.67. The minimum atomic E-state index is -0.690. The molecule has 7 heteroatoms. The van der Waals surface area contributed by atoms with E-state index in [1.807, 2.05) is 37.3 Å². The Morgan fingerprint density at radius 1 is 1.07 bits per heavy atom. The second-order valence-corrected chi connectivity index (χ2v) is 6.76. The van der Waals surface area contributed by atoms with Crippen molar-refractivity contribution in [2.45, 2.75) is 19.8 Å². The second-order valence-electron chi connectivity index (χ2n) is 6.76. The van der Waals surface area contributed by atoms with Crippen molar-refractivity contribution < 1.29 is 19.1 Å². The average Bonchev–Trinajstić information content (AvgIpc) is 3.08. The lowest BCUT2D eigenvalue weighted by Gasteiger charge is -2.22. The van der Waals surface area contributed by atoms with Crippen LogP contribution in [0.4, 0.5) is 5.69 Å². The molecule has 0 radical (unpaired) electrons. The number of benzene rings is 2. The monoisotopic (exact) mass is 389 g/mol. The van der Waals surface area contributed by atoms with E-state index in [-0.39, 0.29) is 36.9 Å². The number of carbonyl (C=O) groups excluding carboxylic acids is 3. The molecule has 146 valence electrons. The molecule has 0 aliphatic carbocycles. The fraction of sp³-hybridized carbons (Fsp3) is 0.182. The molecule has 29 heavy (non-hydrogen) atoms. The smallest absolute Gasteiger partial charge is 0.354 e. The van der Waals surface area contributed by atoms with E-state index in [0.29, 0.717) is 11.3 Å². The molecule has 1 aliphatic rings. The molecule has 0 unspecified atom stereocenters. The lowest BCUT2D eigenvalue weighted by atomic mass is 10.1. The standard InChI is InChI=1S/C22H19N3O4/c1-14-21(16-9-5-6-10-17(16)23-14)19(26)13-29-22(28)18-11-12-20(27)25(24-18)15-7-3-2-4-8-15/h2-10,23H,11-13H2,1H3. The van der Waals surface area contributed by atoms with E-state index in [0.717, 1.165) is 16.6 Å². The Hall–Kier alpha value is -3.74. The van der Waals surface area contributed by atoms with Crippen LogP contribution in [0.25, 0.3) is 10.9 Å². The van der Waals surface area contributed by atoms with Crippen molar-refractivity contribution in [2.75, 3.05) is 11.6 Å². The lowest BCUT2D eigenvalue weighted by molar-refractivity contribution is -0.134. The number of amides is 1. The number of H-pyrrole nitrogens is 1. The number of nitrogens with one attached hydrogen (secondary N) is 1. The highest BCUT2D eigenvalue weighted by Crippen LogP contribution is 2.23. The summed E-state index contributed by atoms with van der Waals surface area (Å²) in [6.07, 6.45) is 0.333. The minimum Gasteiger partial charge on any atom is -0.453 e. The quantitative estimate of drug-likeness (QED) is 0.535. The first kappa shape index (κ1) is 18.6. The zero-order valence-corrected chi connectivity index (χ0v) is 15.8. The fourth-order valence-corrected chi connectivity index (χ4v) is 3.39. The summed E-state index contributed by atoms with van der Waals surface area (Å²) >= 11 is 0. The summed E-state index contributed by atoms with van der Waals surface area (Å²) in [6.45, 7) is 1.42. The largest absolute Gasteiger partial charge is 0.453 e. The van der Waals surface area contributed by atoms with E-state index in [2.05, 4.69) is 10.1 Å². The maximum absolute atomic E-state index is 12.7. The summed E-state index contributed by atoms with van der Waals surface area (Å²) in [7, 11) is 0. The third-order valence-electron chi connectivity index (χ3n) is 4.78. The van der Waals surface area contributed by atoms with Crippen LogP contribution in [-0.2, 0) is 14.3 Å². The molecule has 0 atom stereocenters. The van der Waals surface area contributed by atoms with E-state index in [4.69, 9.17) is 4.74 Å². The number of para-hydroxylation sites is 2. The average molecular weight is 389 g/mol. The van der Waals surface area contributed by atoms with E-state index < -0.39 is 5.97 Å². The van der Waals surface area contributed by atoms with E-state index in [1.54, 1.807) is 24.3 Å². The van der Waals surface area contributed by atoms with Crippen LogP contribution in [0.1, 0.15) is 28.9 Å². The summed E-state index contributed by atoms with van der Waals surface area (Å²) in [5.41, 5.74) is 2.79. The first-order chi connectivity index (χ1) is 14.0. The van der Waals surface area contributed by atoms with Crippen molar-refractivity contribution in [3.05, 3.63) is 65.9 Å². The summed E-state index contributed by atoms with van der Waals surface area (Å²) in [4.78, 5) is 40.4. The Morgan fingerprint density at radius 2 is 1.79 bits per heavy atom. The number of esters is 1. The molecule has 2 heterocycles. The van der Waals surface area contributed by atoms with Gasteiger partial charge in [-0.3, -0.25) is 9.59 Å². The molecule has 3 aromatic rings. The first-order valence-electron chi connectivity index (χ1n) is 9.27. The Kier molecular flexibility index (Phi) is 4.95. The predicted octanol–water partition coefficient (Wildman–Crippen LogP) is 3.39. The van der Waals surface area contributed by atoms with Crippen molar-refractivity contribution in [3.8, 4) is 0 Å². The normalized spacial score (nSPS) is 14.0. The number of aromatic amines is 1. The van der Waals surface area contributed by atoms with Crippen LogP contribution in [0.5, 0.6) is 0 Å². The van der Waals surface area contributed by atoms with Gasteiger partial charge in [-0.25, -0.2) is 9.80 Å². The van der Waals surface area contributed by atoms with Crippen LogP contribution in [-0.4, -0.2) is 35.0 Å². The lowest BCUT2D eigenvalue weighted by Crippen LogP contribution is -2.35. The van der Waals surface area contributed by atoms with Crippen molar-refractivity contribution in [1.82, 2.24) is 4.98 Å². The topological polar surface area (TPSA) is 91.8 Å². The number of aromatic nitrogens is 1. The maximum Gasteiger partial charge on any atom is 0.354 e. The number of ether oxygens (including phenoxy) is 1. The van der Waals surface area contributed by atoms with Crippen molar-refractivity contribution >= 4 is 40.0 Å². The number of hydrogen-bond donors (Lipinski definition) is 1. The van der Waals surface area contributed by atoms with Gasteiger partial charge in [0, 0.05) is 35.0 Å². The van der Waals surface area contributed by atoms with Gasteiger partial charge in [0.1, 0.15) is 5.71 Å². The highest BCUT2D eigenvalue weighted by Gasteiger charge is 2.27. The molecule has 0 bridgehead atoms. The van der Waals surface area contributed by atoms with Crippen LogP contribution in [0.15, 0.2) is 59.7 Å². The van der Waals surface area contributed by atoms with Crippen molar-refractivity contribution in [3.63, 3.8) is 0 Å². The SMILES string of the molecule is Cc1[nH]c2ccccc2c1C(=O)COC(=O)C1=NN(c2ccccc2)C(=O)CC1.